The van der Waals surface area contributed by atoms with Gasteiger partial charge in [-0.1, -0.05) is 18.5 Å². The van der Waals surface area contributed by atoms with Gasteiger partial charge in [0.05, 0.1) is 5.84 Å². The van der Waals surface area contributed by atoms with Crippen molar-refractivity contribution in [1.82, 2.24) is 0 Å². The van der Waals surface area contributed by atoms with Gasteiger partial charge in [0.2, 0.25) is 0 Å². The highest BCUT2D eigenvalue weighted by Crippen LogP contribution is 2.32. The molecule has 0 saturated heterocycles. The van der Waals surface area contributed by atoms with Crippen molar-refractivity contribution in [1.29, 1.82) is 0 Å². The summed E-state index contributed by atoms with van der Waals surface area (Å²) in [7, 11) is 0. The van der Waals surface area contributed by atoms with Crippen LogP contribution in [0.15, 0.2) is 35.3 Å². The number of benzene rings is 2. The molecule has 0 aliphatic carbocycles. The maximum atomic E-state index is 6.10. The molecule has 2 rings (SSSR count). The standard InChI is InChI=1S/C19H22ClIN2O/c1-5-6-22-14(4)23-18-7-13(3)19(8-12(18)2)24-17-10-15(20)9-16(21)11-17/h7-11H,5-6H2,1-4H3,(H,22,23). The van der Waals surface area contributed by atoms with E-state index in [2.05, 4.69) is 52.8 Å². The molecule has 0 spiro atoms. The Morgan fingerprint density at radius 1 is 1.17 bits per heavy atom. The zero-order valence-corrected chi connectivity index (χ0v) is 17.3. The molecule has 128 valence electrons. The van der Waals surface area contributed by atoms with E-state index in [1.54, 1.807) is 0 Å². The number of nitrogens with zero attached hydrogens (tertiary/aromatic N) is 1. The molecule has 0 amide bonds. The maximum Gasteiger partial charge on any atom is 0.130 e. The number of aryl methyl sites for hydroxylation is 2. The topological polar surface area (TPSA) is 33.6 Å². The summed E-state index contributed by atoms with van der Waals surface area (Å²) in [6, 6.07) is 9.82. The fourth-order valence-electron chi connectivity index (χ4n) is 2.26. The van der Waals surface area contributed by atoms with E-state index in [4.69, 9.17) is 16.3 Å². The minimum Gasteiger partial charge on any atom is -0.457 e. The molecule has 0 saturated carbocycles. The van der Waals surface area contributed by atoms with E-state index in [-0.39, 0.29) is 0 Å². The van der Waals surface area contributed by atoms with Crippen molar-refractivity contribution in [2.75, 3.05) is 11.9 Å². The highest BCUT2D eigenvalue weighted by atomic mass is 127. The molecular formula is C19H22ClIN2O. The Morgan fingerprint density at radius 2 is 1.92 bits per heavy atom. The van der Waals surface area contributed by atoms with E-state index in [1.165, 1.54) is 0 Å². The van der Waals surface area contributed by atoms with Crippen molar-refractivity contribution < 1.29 is 4.74 Å². The number of amidine groups is 1. The van der Waals surface area contributed by atoms with Crippen molar-refractivity contribution in [3.05, 3.63) is 50.1 Å². The fourth-order valence-corrected chi connectivity index (χ4v) is 3.31. The van der Waals surface area contributed by atoms with Gasteiger partial charge in [-0.2, -0.15) is 0 Å². The van der Waals surface area contributed by atoms with Gasteiger partial charge in [0.25, 0.3) is 0 Å². The molecule has 0 aliphatic heterocycles. The number of halogens is 2. The van der Waals surface area contributed by atoms with Crippen LogP contribution >= 0.6 is 34.2 Å². The third kappa shape index (κ3) is 5.38. The first kappa shape index (κ1) is 19.1. The Kier molecular flexibility index (Phi) is 6.92. The average Bonchev–Trinajstić information content (AvgIpc) is 2.49. The second-order valence-electron chi connectivity index (χ2n) is 5.73. The highest BCUT2D eigenvalue weighted by molar-refractivity contribution is 14.1. The summed E-state index contributed by atoms with van der Waals surface area (Å²) in [5.74, 6) is 2.51. The van der Waals surface area contributed by atoms with Crippen LogP contribution in [-0.2, 0) is 0 Å². The summed E-state index contributed by atoms with van der Waals surface area (Å²) < 4.78 is 7.08. The summed E-state index contributed by atoms with van der Waals surface area (Å²) in [6.07, 6.45) is 1.04. The minimum absolute atomic E-state index is 0.673. The van der Waals surface area contributed by atoms with E-state index in [1.807, 2.05) is 38.1 Å². The van der Waals surface area contributed by atoms with Crippen molar-refractivity contribution in [2.24, 2.45) is 4.99 Å². The third-order valence-corrected chi connectivity index (χ3v) is 4.32. The number of nitrogens with one attached hydrogen (secondary N) is 1. The highest BCUT2D eigenvalue weighted by Gasteiger charge is 2.08. The molecule has 0 heterocycles. The Balaban J connectivity index is 2.23. The van der Waals surface area contributed by atoms with Crippen molar-refractivity contribution >= 4 is 45.7 Å². The van der Waals surface area contributed by atoms with Gasteiger partial charge < -0.3 is 10.1 Å². The quantitative estimate of drug-likeness (QED) is 0.313. The normalized spacial score (nSPS) is 11.5. The monoisotopic (exact) mass is 456 g/mol. The van der Waals surface area contributed by atoms with Crippen LogP contribution in [0.3, 0.4) is 0 Å². The lowest BCUT2D eigenvalue weighted by Crippen LogP contribution is -2.09. The lowest BCUT2D eigenvalue weighted by Gasteiger charge is -2.15. The van der Waals surface area contributed by atoms with Gasteiger partial charge in [0.1, 0.15) is 11.5 Å². The van der Waals surface area contributed by atoms with E-state index in [0.717, 1.165) is 50.7 Å². The summed E-state index contributed by atoms with van der Waals surface area (Å²) >= 11 is 8.33. The Morgan fingerprint density at radius 3 is 2.58 bits per heavy atom. The smallest absolute Gasteiger partial charge is 0.130 e. The third-order valence-electron chi connectivity index (χ3n) is 3.47. The molecule has 0 fully saturated rings. The molecule has 0 atom stereocenters. The molecule has 5 heteroatoms. The van der Waals surface area contributed by atoms with Gasteiger partial charge in [0, 0.05) is 20.8 Å². The molecule has 2 aromatic carbocycles. The van der Waals surface area contributed by atoms with E-state index < -0.39 is 0 Å². The minimum atomic E-state index is 0.673. The predicted molar refractivity (Wildman–Crippen MR) is 112 cm³/mol. The summed E-state index contributed by atoms with van der Waals surface area (Å²) in [5, 5.41) is 4.04. The first-order valence-corrected chi connectivity index (χ1v) is 9.38. The number of hydrogen-bond acceptors (Lipinski definition) is 2. The van der Waals surface area contributed by atoms with Gasteiger partial charge in [-0.25, -0.2) is 0 Å². The van der Waals surface area contributed by atoms with Crippen LogP contribution < -0.4 is 10.1 Å². The van der Waals surface area contributed by atoms with Crippen molar-refractivity contribution in [2.45, 2.75) is 34.1 Å². The van der Waals surface area contributed by atoms with Crippen LogP contribution in [0.25, 0.3) is 0 Å². The molecular weight excluding hydrogens is 435 g/mol. The van der Waals surface area contributed by atoms with Crippen LogP contribution in [0.4, 0.5) is 5.69 Å². The summed E-state index contributed by atoms with van der Waals surface area (Å²) in [4.78, 5) is 4.48. The van der Waals surface area contributed by atoms with Gasteiger partial charge in [-0.3, -0.25) is 4.99 Å². The zero-order chi connectivity index (χ0) is 17.7. The molecule has 3 nitrogen and oxygen atoms in total. The number of rotatable bonds is 5. The molecule has 2 aromatic rings. The molecule has 1 N–H and O–H groups in total. The number of ether oxygens (including phenoxy) is 1. The van der Waals surface area contributed by atoms with Crippen LogP contribution in [0.1, 0.15) is 31.4 Å². The van der Waals surface area contributed by atoms with Crippen LogP contribution in [0.5, 0.6) is 11.5 Å². The summed E-state index contributed by atoms with van der Waals surface area (Å²) in [5.41, 5.74) is 3.22. The average molecular weight is 457 g/mol. The van der Waals surface area contributed by atoms with Crippen molar-refractivity contribution in [3.8, 4) is 11.5 Å². The SMILES string of the molecule is CCCN=C(C)Nc1cc(C)c(Oc2cc(Cl)cc(I)c2)cc1C. The number of anilines is 1. The first-order valence-electron chi connectivity index (χ1n) is 7.92. The predicted octanol–water partition coefficient (Wildman–Crippen LogP) is 6.59. The van der Waals surface area contributed by atoms with Gasteiger partial charge >= 0.3 is 0 Å². The first-order chi connectivity index (χ1) is 11.4. The van der Waals surface area contributed by atoms with E-state index >= 15 is 0 Å². The zero-order valence-electron chi connectivity index (χ0n) is 14.4. The van der Waals surface area contributed by atoms with Crippen molar-refractivity contribution in [3.63, 3.8) is 0 Å². The Labute approximate surface area is 162 Å². The van der Waals surface area contributed by atoms with Crippen LogP contribution in [0.2, 0.25) is 5.02 Å². The Hall–Kier alpha value is -1.27. The van der Waals surface area contributed by atoms with Gasteiger partial charge in [-0.15, -0.1) is 0 Å². The molecule has 0 bridgehead atoms. The number of hydrogen-bond donors (Lipinski definition) is 1. The molecule has 0 radical (unpaired) electrons. The largest absolute Gasteiger partial charge is 0.457 e. The fraction of sp³-hybridized carbons (Fsp3) is 0.316. The molecule has 0 aromatic heterocycles. The lowest BCUT2D eigenvalue weighted by molar-refractivity contribution is 0.478. The van der Waals surface area contributed by atoms with Crippen LogP contribution in [-0.4, -0.2) is 12.4 Å². The molecule has 0 unspecified atom stereocenters. The van der Waals surface area contributed by atoms with E-state index in [9.17, 15) is 0 Å². The second kappa shape index (κ2) is 8.72. The summed E-state index contributed by atoms with van der Waals surface area (Å²) in [6.45, 7) is 9.04. The number of aliphatic imine (C=N–C) groups is 1. The van der Waals surface area contributed by atoms with E-state index in [0.29, 0.717) is 5.02 Å². The maximum absolute atomic E-state index is 6.10. The molecule has 24 heavy (non-hydrogen) atoms. The second-order valence-corrected chi connectivity index (χ2v) is 7.41. The van der Waals surface area contributed by atoms with Gasteiger partial charge in [-0.05, 0) is 91.2 Å². The lowest BCUT2D eigenvalue weighted by atomic mass is 10.1. The Bertz CT molecular complexity index is 739. The van der Waals surface area contributed by atoms with Gasteiger partial charge in [0.15, 0.2) is 0 Å². The van der Waals surface area contributed by atoms with Crippen LogP contribution in [0, 0.1) is 17.4 Å². The molecule has 0 aliphatic rings.